The standard InChI is InChI=1S/C8H17NO5S/c1-9(2,3)6-7(5-8(10)11)14-15(4,12)13/h7H,5-6H2,1-4H3/p+1/t7-/m0/s1. The predicted octanol–water partition coefficient (Wildman–Crippen LogP) is -0.488. The van der Waals surface area contributed by atoms with Gasteiger partial charge in [-0.3, -0.25) is 8.98 Å². The van der Waals surface area contributed by atoms with Crippen LogP contribution in [-0.2, 0) is 19.1 Å². The second kappa shape index (κ2) is 4.91. The van der Waals surface area contributed by atoms with Crippen molar-refractivity contribution in [1.29, 1.82) is 0 Å². The molecule has 0 amide bonds. The van der Waals surface area contributed by atoms with E-state index in [-0.39, 0.29) is 6.42 Å². The summed E-state index contributed by atoms with van der Waals surface area (Å²) in [4.78, 5) is 10.5. The maximum Gasteiger partial charge on any atom is 0.306 e. The van der Waals surface area contributed by atoms with Gasteiger partial charge in [0.05, 0.1) is 33.8 Å². The van der Waals surface area contributed by atoms with Crippen molar-refractivity contribution in [3.63, 3.8) is 0 Å². The number of carbonyl (C=O) groups is 1. The molecular weight excluding hydrogens is 222 g/mol. The second-order valence-corrected chi connectivity index (χ2v) is 6.09. The molecule has 7 heteroatoms. The Morgan fingerprint density at radius 2 is 1.87 bits per heavy atom. The van der Waals surface area contributed by atoms with E-state index in [1.54, 1.807) is 0 Å². The molecule has 0 rings (SSSR count). The largest absolute Gasteiger partial charge is 0.481 e. The minimum absolute atomic E-state index is 0.317. The predicted molar refractivity (Wildman–Crippen MR) is 54.9 cm³/mol. The Morgan fingerprint density at radius 1 is 1.40 bits per heavy atom. The summed E-state index contributed by atoms with van der Waals surface area (Å²) in [6.07, 6.45) is -0.224. The van der Waals surface area contributed by atoms with Gasteiger partial charge in [0, 0.05) is 0 Å². The van der Waals surface area contributed by atoms with Crippen molar-refractivity contribution < 1.29 is 27.0 Å². The van der Waals surface area contributed by atoms with Crippen LogP contribution >= 0.6 is 0 Å². The Labute approximate surface area is 90.2 Å². The summed E-state index contributed by atoms with van der Waals surface area (Å²) in [6, 6.07) is 0. The van der Waals surface area contributed by atoms with Crippen LogP contribution in [0.5, 0.6) is 0 Å². The molecule has 0 heterocycles. The van der Waals surface area contributed by atoms with Gasteiger partial charge in [0.2, 0.25) is 0 Å². The summed E-state index contributed by atoms with van der Waals surface area (Å²) in [5.74, 6) is -1.07. The highest BCUT2D eigenvalue weighted by molar-refractivity contribution is 7.86. The topological polar surface area (TPSA) is 80.7 Å². The zero-order valence-electron chi connectivity index (χ0n) is 9.43. The molecule has 0 aromatic carbocycles. The molecule has 0 aromatic rings. The zero-order valence-corrected chi connectivity index (χ0v) is 10.2. The highest BCUT2D eigenvalue weighted by Gasteiger charge is 2.25. The van der Waals surface area contributed by atoms with Gasteiger partial charge >= 0.3 is 5.97 Å². The van der Waals surface area contributed by atoms with Crippen molar-refractivity contribution >= 4 is 16.1 Å². The third-order valence-electron chi connectivity index (χ3n) is 1.46. The molecule has 0 radical (unpaired) electrons. The number of likely N-dealkylation sites (N-methyl/N-ethyl adjacent to an activating group) is 1. The van der Waals surface area contributed by atoms with Crippen LogP contribution in [0.15, 0.2) is 0 Å². The van der Waals surface area contributed by atoms with Crippen LogP contribution in [0.25, 0.3) is 0 Å². The Bertz CT molecular complexity index is 316. The molecule has 1 N–H and O–H groups in total. The van der Waals surface area contributed by atoms with Crippen LogP contribution in [0.4, 0.5) is 0 Å². The average Bonchev–Trinajstić information content (AvgIpc) is 1.73. The summed E-state index contributed by atoms with van der Waals surface area (Å²) in [7, 11) is 1.89. The minimum Gasteiger partial charge on any atom is -0.481 e. The van der Waals surface area contributed by atoms with E-state index in [9.17, 15) is 13.2 Å². The summed E-state index contributed by atoms with van der Waals surface area (Å²) in [6.45, 7) is 0.319. The van der Waals surface area contributed by atoms with Crippen molar-refractivity contribution in [1.82, 2.24) is 0 Å². The lowest BCUT2D eigenvalue weighted by Crippen LogP contribution is -2.43. The van der Waals surface area contributed by atoms with E-state index in [1.807, 2.05) is 21.1 Å². The van der Waals surface area contributed by atoms with E-state index in [0.29, 0.717) is 11.0 Å². The fraction of sp³-hybridized carbons (Fsp3) is 0.875. The number of quaternary nitrogens is 1. The summed E-state index contributed by atoms with van der Waals surface area (Å²) in [5.41, 5.74) is 0. The number of carboxylic acid groups (broad SMARTS) is 1. The summed E-state index contributed by atoms with van der Waals surface area (Å²) in [5, 5.41) is 8.60. The van der Waals surface area contributed by atoms with Gasteiger partial charge in [-0.1, -0.05) is 0 Å². The van der Waals surface area contributed by atoms with Crippen molar-refractivity contribution in [2.24, 2.45) is 0 Å². The first-order valence-corrected chi connectivity index (χ1v) is 6.22. The van der Waals surface area contributed by atoms with Crippen molar-refractivity contribution in [2.75, 3.05) is 33.9 Å². The van der Waals surface area contributed by atoms with Crippen LogP contribution in [-0.4, -0.2) is 64.0 Å². The van der Waals surface area contributed by atoms with E-state index in [1.165, 1.54) is 0 Å². The average molecular weight is 240 g/mol. The zero-order chi connectivity index (χ0) is 12.3. The van der Waals surface area contributed by atoms with Gasteiger partial charge < -0.3 is 9.59 Å². The molecule has 0 bridgehead atoms. The van der Waals surface area contributed by atoms with Crippen LogP contribution in [0.3, 0.4) is 0 Å². The number of nitrogens with zero attached hydrogens (tertiary/aromatic N) is 1. The van der Waals surface area contributed by atoms with Gasteiger partial charge in [0.1, 0.15) is 12.6 Å². The van der Waals surface area contributed by atoms with Crippen LogP contribution in [0, 0.1) is 0 Å². The number of rotatable bonds is 6. The van der Waals surface area contributed by atoms with Gasteiger partial charge in [0.25, 0.3) is 10.1 Å². The molecule has 0 aliphatic rings. The van der Waals surface area contributed by atoms with Crippen molar-refractivity contribution in [3.8, 4) is 0 Å². The van der Waals surface area contributed by atoms with Crippen molar-refractivity contribution in [3.05, 3.63) is 0 Å². The molecule has 15 heavy (non-hydrogen) atoms. The Balaban J connectivity index is 4.53. The fourth-order valence-electron chi connectivity index (χ4n) is 1.18. The Morgan fingerprint density at radius 3 is 2.13 bits per heavy atom. The lowest BCUT2D eigenvalue weighted by molar-refractivity contribution is -0.873. The van der Waals surface area contributed by atoms with Gasteiger partial charge in [-0.05, 0) is 0 Å². The summed E-state index contributed by atoms with van der Waals surface area (Å²) < 4.78 is 26.9. The van der Waals surface area contributed by atoms with Crippen LogP contribution in [0.2, 0.25) is 0 Å². The molecule has 0 saturated carbocycles. The normalized spacial score (nSPS) is 14.9. The molecule has 0 aliphatic carbocycles. The summed E-state index contributed by atoms with van der Waals surface area (Å²) >= 11 is 0. The van der Waals surface area contributed by atoms with Crippen molar-refractivity contribution in [2.45, 2.75) is 12.5 Å². The van der Waals surface area contributed by atoms with Gasteiger partial charge in [-0.15, -0.1) is 0 Å². The van der Waals surface area contributed by atoms with E-state index < -0.39 is 22.2 Å². The van der Waals surface area contributed by atoms with Gasteiger partial charge in [-0.2, -0.15) is 8.42 Å². The number of hydrogen-bond acceptors (Lipinski definition) is 4. The molecule has 0 spiro atoms. The molecule has 0 aromatic heterocycles. The first-order valence-electron chi connectivity index (χ1n) is 4.40. The smallest absolute Gasteiger partial charge is 0.306 e. The van der Waals surface area contributed by atoms with E-state index in [4.69, 9.17) is 9.29 Å². The third kappa shape index (κ3) is 9.64. The molecule has 0 saturated heterocycles. The Kier molecular flexibility index (Phi) is 4.69. The molecule has 0 fully saturated rings. The number of carboxylic acids is 1. The van der Waals surface area contributed by atoms with E-state index in [2.05, 4.69) is 0 Å². The fourth-order valence-corrected chi connectivity index (χ4v) is 1.81. The highest BCUT2D eigenvalue weighted by atomic mass is 32.2. The minimum atomic E-state index is -3.61. The molecule has 90 valence electrons. The van der Waals surface area contributed by atoms with Gasteiger partial charge in [-0.25, -0.2) is 0 Å². The van der Waals surface area contributed by atoms with Crippen LogP contribution in [0.1, 0.15) is 6.42 Å². The van der Waals surface area contributed by atoms with Gasteiger partial charge in [0.15, 0.2) is 0 Å². The SMILES string of the molecule is C[N+](C)(C)C[C@H](CC(=O)O)OS(C)(=O)=O. The molecule has 0 aliphatic heterocycles. The monoisotopic (exact) mass is 240 g/mol. The lowest BCUT2D eigenvalue weighted by atomic mass is 10.2. The van der Waals surface area contributed by atoms with E-state index in [0.717, 1.165) is 6.26 Å². The number of aliphatic carboxylic acids is 1. The third-order valence-corrected chi connectivity index (χ3v) is 2.09. The number of hydrogen-bond donors (Lipinski definition) is 1. The Hall–Kier alpha value is -0.660. The second-order valence-electron chi connectivity index (χ2n) is 4.49. The molecule has 1 atom stereocenters. The first kappa shape index (κ1) is 14.3. The quantitative estimate of drug-likeness (QED) is 0.500. The first-order chi connectivity index (χ1) is 6.49. The highest BCUT2D eigenvalue weighted by Crippen LogP contribution is 2.07. The molecular formula is C8H18NO5S+. The maximum atomic E-state index is 10.9. The lowest BCUT2D eigenvalue weighted by Gasteiger charge is -2.27. The van der Waals surface area contributed by atoms with E-state index >= 15 is 0 Å². The molecule has 6 nitrogen and oxygen atoms in total. The van der Waals surface area contributed by atoms with Crippen LogP contribution < -0.4 is 0 Å². The maximum absolute atomic E-state index is 10.9. The molecule has 0 unspecified atom stereocenters.